The molecule has 0 radical (unpaired) electrons. The molecule has 0 aliphatic carbocycles. The number of anilines is 2. The molecule has 6 nitrogen and oxygen atoms in total. The molecule has 3 aromatic rings. The predicted molar refractivity (Wildman–Crippen MR) is 86.0 cm³/mol. The van der Waals surface area contributed by atoms with Crippen molar-refractivity contribution < 1.29 is 13.9 Å². The van der Waals surface area contributed by atoms with E-state index in [9.17, 15) is 4.39 Å². The zero-order valence-corrected chi connectivity index (χ0v) is 13.3. The molecule has 0 bridgehead atoms. The van der Waals surface area contributed by atoms with E-state index in [1.165, 1.54) is 19.2 Å². The molecule has 7 heteroatoms. The van der Waals surface area contributed by atoms with Gasteiger partial charge in [-0.2, -0.15) is 5.10 Å². The lowest BCUT2D eigenvalue weighted by Gasteiger charge is -2.12. The van der Waals surface area contributed by atoms with Crippen molar-refractivity contribution in [1.29, 1.82) is 0 Å². The number of aryl methyl sites for hydroxylation is 2. The summed E-state index contributed by atoms with van der Waals surface area (Å²) in [6.07, 6.45) is 0. The van der Waals surface area contributed by atoms with E-state index >= 15 is 0 Å². The number of hydrogen-bond acceptors (Lipinski definition) is 5. The van der Waals surface area contributed by atoms with Gasteiger partial charge in [0.25, 0.3) is 0 Å². The Bertz CT molecular complexity index is 876. The van der Waals surface area contributed by atoms with Crippen LogP contribution < -0.4 is 14.8 Å². The van der Waals surface area contributed by atoms with Crippen molar-refractivity contribution in [3.8, 4) is 11.5 Å². The van der Waals surface area contributed by atoms with Crippen molar-refractivity contribution in [2.24, 2.45) is 7.05 Å². The summed E-state index contributed by atoms with van der Waals surface area (Å²) in [5.74, 6) is 1.32. The van der Waals surface area contributed by atoms with Crippen molar-refractivity contribution >= 4 is 22.5 Å². The Hall–Kier alpha value is -2.83. The largest absolute Gasteiger partial charge is 0.496 e. The Balaban J connectivity index is 2.11. The first kappa shape index (κ1) is 15.1. The Morgan fingerprint density at radius 1 is 1.13 bits per heavy atom. The van der Waals surface area contributed by atoms with E-state index in [2.05, 4.69) is 15.4 Å². The molecule has 2 aromatic heterocycles. The van der Waals surface area contributed by atoms with Crippen LogP contribution in [0.5, 0.6) is 11.5 Å². The van der Waals surface area contributed by atoms with Gasteiger partial charge in [0.05, 0.1) is 31.0 Å². The van der Waals surface area contributed by atoms with Crippen molar-refractivity contribution in [3.05, 3.63) is 35.8 Å². The van der Waals surface area contributed by atoms with Gasteiger partial charge in [-0.1, -0.05) is 0 Å². The number of halogens is 1. The highest BCUT2D eigenvalue weighted by Gasteiger charge is 2.15. The van der Waals surface area contributed by atoms with E-state index in [1.807, 2.05) is 14.0 Å². The third-order valence-corrected chi connectivity index (χ3v) is 3.58. The average Bonchev–Trinajstić information content (AvgIpc) is 2.81. The van der Waals surface area contributed by atoms with Crippen LogP contribution >= 0.6 is 0 Å². The fourth-order valence-corrected chi connectivity index (χ4v) is 2.55. The van der Waals surface area contributed by atoms with E-state index < -0.39 is 0 Å². The molecule has 0 atom stereocenters. The van der Waals surface area contributed by atoms with Crippen LogP contribution in [0.2, 0.25) is 0 Å². The summed E-state index contributed by atoms with van der Waals surface area (Å²) in [5, 5.41) is 8.28. The highest BCUT2D eigenvalue weighted by molar-refractivity contribution is 5.87. The molecular formula is C16H17FN4O2. The molecule has 0 amide bonds. The number of pyridine rings is 1. The Kier molecular flexibility index (Phi) is 3.77. The maximum absolute atomic E-state index is 13.5. The fourth-order valence-electron chi connectivity index (χ4n) is 2.55. The van der Waals surface area contributed by atoms with Crippen LogP contribution in [0.4, 0.5) is 15.9 Å². The second-order valence-electron chi connectivity index (χ2n) is 5.09. The van der Waals surface area contributed by atoms with Gasteiger partial charge in [-0.15, -0.1) is 0 Å². The number of aromatic nitrogens is 3. The Morgan fingerprint density at radius 2 is 1.87 bits per heavy atom. The SMILES string of the molecule is COc1ccc(F)cc1Nc1cc(OC)c2c(C)nn(C)c2n1. The minimum atomic E-state index is -0.363. The molecular weight excluding hydrogens is 299 g/mol. The minimum absolute atomic E-state index is 0.363. The molecule has 0 unspecified atom stereocenters. The van der Waals surface area contributed by atoms with Crippen LogP contribution in [-0.2, 0) is 7.05 Å². The van der Waals surface area contributed by atoms with Gasteiger partial charge in [0.1, 0.15) is 23.1 Å². The van der Waals surface area contributed by atoms with Crippen LogP contribution in [0.25, 0.3) is 11.0 Å². The van der Waals surface area contributed by atoms with Crippen LogP contribution in [-0.4, -0.2) is 29.0 Å². The average molecular weight is 316 g/mol. The van der Waals surface area contributed by atoms with E-state index in [0.29, 0.717) is 28.7 Å². The molecule has 3 rings (SSSR count). The highest BCUT2D eigenvalue weighted by atomic mass is 19.1. The number of rotatable bonds is 4. The van der Waals surface area contributed by atoms with E-state index in [0.717, 1.165) is 11.1 Å². The monoisotopic (exact) mass is 316 g/mol. The molecule has 0 saturated heterocycles. The minimum Gasteiger partial charge on any atom is -0.496 e. The van der Waals surface area contributed by atoms with E-state index in [1.54, 1.807) is 23.9 Å². The van der Waals surface area contributed by atoms with Gasteiger partial charge in [0.15, 0.2) is 5.65 Å². The third-order valence-electron chi connectivity index (χ3n) is 3.58. The van der Waals surface area contributed by atoms with E-state index in [-0.39, 0.29) is 5.82 Å². The number of hydrogen-bond donors (Lipinski definition) is 1. The van der Waals surface area contributed by atoms with Gasteiger partial charge in [-0.3, -0.25) is 4.68 Å². The van der Waals surface area contributed by atoms with Crippen LogP contribution in [0.1, 0.15) is 5.69 Å². The summed E-state index contributed by atoms with van der Waals surface area (Å²) in [7, 11) is 4.93. The molecule has 2 heterocycles. The van der Waals surface area contributed by atoms with Gasteiger partial charge in [0, 0.05) is 19.2 Å². The molecule has 1 N–H and O–H groups in total. The zero-order chi connectivity index (χ0) is 16.6. The number of ether oxygens (including phenoxy) is 2. The highest BCUT2D eigenvalue weighted by Crippen LogP contribution is 2.33. The van der Waals surface area contributed by atoms with Gasteiger partial charge < -0.3 is 14.8 Å². The summed E-state index contributed by atoms with van der Waals surface area (Å²) in [6.45, 7) is 1.90. The standard InChI is InChI=1S/C16H17FN4O2/c1-9-15-13(23-4)8-14(19-16(15)21(2)20-9)18-11-7-10(17)5-6-12(11)22-3/h5-8H,1-4H3,(H,18,19). The lowest BCUT2D eigenvalue weighted by molar-refractivity contribution is 0.415. The van der Waals surface area contributed by atoms with Crippen LogP contribution in [0.15, 0.2) is 24.3 Å². The topological polar surface area (TPSA) is 61.2 Å². The van der Waals surface area contributed by atoms with Crippen molar-refractivity contribution in [3.63, 3.8) is 0 Å². The summed E-state index contributed by atoms with van der Waals surface area (Å²) < 4.78 is 25.9. The molecule has 0 fully saturated rings. The van der Waals surface area contributed by atoms with Crippen molar-refractivity contribution in [1.82, 2.24) is 14.8 Å². The first-order chi connectivity index (χ1) is 11.0. The van der Waals surface area contributed by atoms with Gasteiger partial charge in [0.2, 0.25) is 0 Å². The Labute approximate surface area is 132 Å². The summed E-state index contributed by atoms with van der Waals surface area (Å²) in [4.78, 5) is 4.54. The maximum atomic E-state index is 13.5. The number of methoxy groups -OCH3 is 2. The van der Waals surface area contributed by atoms with Gasteiger partial charge in [-0.05, 0) is 19.1 Å². The number of fused-ring (bicyclic) bond motifs is 1. The first-order valence-corrected chi connectivity index (χ1v) is 7.02. The summed E-state index contributed by atoms with van der Waals surface area (Å²) >= 11 is 0. The van der Waals surface area contributed by atoms with Crippen molar-refractivity contribution in [2.75, 3.05) is 19.5 Å². The Morgan fingerprint density at radius 3 is 2.57 bits per heavy atom. The molecule has 0 aliphatic heterocycles. The number of benzene rings is 1. The smallest absolute Gasteiger partial charge is 0.163 e. The lowest BCUT2D eigenvalue weighted by Crippen LogP contribution is -2.00. The van der Waals surface area contributed by atoms with E-state index in [4.69, 9.17) is 9.47 Å². The maximum Gasteiger partial charge on any atom is 0.163 e. The van der Waals surface area contributed by atoms with Gasteiger partial charge >= 0.3 is 0 Å². The molecule has 120 valence electrons. The lowest BCUT2D eigenvalue weighted by atomic mass is 10.2. The molecule has 0 spiro atoms. The second-order valence-corrected chi connectivity index (χ2v) is 5.09. The van der Waals surface area contributed by atoms with Gasteiger partial charge in [-0.25, -0.2) is 9.37 Å². The normalized spacial score (nSPS) is 10.8. The second kappa shape index (κ2) is 5.75. The quantitative estimate of drug-likeness (QED) is 0.801. The predicted octanol–water partition coefficient (Wildman–Crippen LogP) is 3.18. The number of nitrogens with zero attached hydrogens (tertiary/aromatic N) is 3. The van der Waals surface area contributed by atoms with Crippen LogP contribution in [0, 0.1) is 12.7 Å². The summed E-state index contributed by atoms with van der Waals surface area (Å²) in [6, 6.07) is 6.00. The third kappa shape index (κ3) is 2.65. The first-order valence-electron chi connectivity index (χ1n) is 7.02. The molecule has 0 aliphatic rings. The molecule has 0 saturated carbocycles. The number of nitrogens with one attached hydrogen (secondary N) is 1. The fraction of sp³-hybridized carbons (Fsp3) is 0.250. The van der Waals surface area contributed by atoms with Crippen LogP contribution in [0.3, 0.4) is 0 Å². The molecule has 23 heavy (non-hydrogen) atoms. The molecule has 1 aromatic carbocycles. The summed E-state index contributed by atoms with van der Waals surface area (Å²) in [5.41, 5.74) is 2.00. The zero-order valence-electron chi connectivity index (χ0n) is 13.3. The van der Waals surface area contributed by atoms with Crippen molar-refractivity contribution in [2.45, 2.75) is 6.92 Å².